The number of ether oxygens (including phenoxy) is 2. The van der Waals surface area contributed by atoms with Gasteiger partial charge in [0.25, 0.3) is 0 Å². The number of aliphatic hydroxyl groups is 5. The molecule has 13 nitrogen and oxygen atoms in total. The van der Waals surface area contributed by atoms with E-state index in [4.69, 9.17) is 18.5 Å². The van der Waals surface area contributed by atoms with Gasteiger partial charge >= 0.3 is 19.8 Å². The van der Waals surface area contributed by atoms with Crippen molar-refractivity contribution >= 4 is 19.8 Å². The highest BCUT2D eigenvalue weighted by molar-refractivity contribution is 7.47. The fourth-order valence-electron chi connectivity index (χ4n) is 6.19. The summed E-state index contributed by atoms with van der Waals surface area (Å²) in [6.07, 6.45) is 22.1. The summed E-state index contributed by atoms with van der Waals surface area (Å²) in [6, 6.07) is 0. The fourth-order valence-corrected chi connectivity index (χ4v) is 7.17. The molecule has 1 rings (SSSR count). The molecule has 0 aromatic carbocycles. The number of carbonyl (C=O) groups excluding carboxylic acids is 2. The van der Waals surface area contributed by atoms with Crippen molar-refractivity contribution in [1.29, 1.82) is 0 Å². The zero-order valence-electron chi connectivity index (χ0n) is 34.2. The number of phosphoric acid groups is 1. The van der Waals surface area contributed by atoms with E-state index in [1.54, 1.807) is 0 Å². The Morgan fingerprint density at radius 1 is 0.554 bits per heavy atom. The molecule has 1 aliphatic rings. The lowest BCUT2D eigenvalue weighted by Gasteiger charge is -2.41. The molecule has 0 aromatic rings. The zero-order valence-corrected chi connectivity index (χ0v) is 35.1. The van der Waals surface area contributed by atoms with Gasteiger partial charge in [0, 0.05) is 12.8 Å². The lowest BCUT2D eigenvalue weighted by atomic mass is 9.85. The van der Waals surface area contributed by atoms with Gasteiger partial charge in [0.05, 0.1) is 6.61 Å². The summed E-state index contributed by atoms with van der Waals surface area (Å²) < 4.78 is 33.4. The van der Waals surface area contributed by atoms with E-state index in [-0.39, 0.29) is 12.8 Å². The normalized spacial score (nSPS) is 23.2. The highest BCUT2D eigenvalue weighted by Gasteiger charge is 2.51. The van der Waals surface area contributed by atoms with E-state index in [1.165, 1.54) is 38.5 Å². The number of phosphoric ester groups is 1. The van der Waals surface area contributed by atoms with E-state index in [9.17, 15) is 44.6 Å². The predicted octanol–water partition coefficient (Wildman–Crippen LogP) is 7.44. The monoisotopic (exact) mass is 818 g/mol. The molecule has 326 valence electrons. The molecule has 0 bridgehead atoms. The number of hydrogen-bond donors (Lipinski definition) is 6. The number of allylic oxidation sites excluding steroid dienone is 6. The van der Waals surface area contributed by atoms with Gasteiger partial charge in [0.1, 0.15) is 43.2 Å². The highest BCUT2D eigenvalue weighted by Crippen LogP contribution is 2.47. The molecule has 6 unspecified atom stereocenters. The van der Waals surface area contributed by atoms with Crippen LogP contribution < -0.4 is 0 Å². The minimum absolute atomic E-state index is 0.0788. The van der Waals surface area contributed by atoms with E-state index in [0.29, 0.717) is 12.8 Å². The van der Waals surface area contributed by atoms with Gasteiger partial charge in [0.2, 0.25) is 0 Å². The summed E-state index contributed by atoms with van der Waals surface area (Å²) in [5, 5.41) is 50.0. The summed E-state index contributed by atoms with van der Waals surface area (Å²) in [5.74, 6) is -1.13. The summed E-state index contributed by atoms with van der Waals surface area (Å²) in [5.41, 5.74) is 0. The summed E-state index contributed by atoms with van der Waals surface area (Å²) in [7, 11) is -5.12. The Morgan fingerprint density at radius 3 is 1.46 bits per heavy atom. The summed E-state index contributed by atoms with van der Waals surface area (Å²) >= 11 is 0. The largest absolute Gasteiger partial charge is 0.472 e. The average Bonchev–Trinajstić information content (AvgIpc) is 3.18. The van der Waals surface area contributed by atoms with Crippen LogP contribution in [-0.2, 0) is 32.7 Å². The molecule has 6 atom stereocenters. The summed E-state index contributed by atoms with van der Waals surface area (Å²) in [4.78, 5) is 35.5. The van der Waals surface area contributed by atoms with Gasteiger partial charge in [0.15, 0.2) is 6.10 Å². The molecular weight excluding hydrogens is 743 g/mol. The maximum Gasteiger partial charge on any atom is 0.472 e. The second kappa shape index (κ2) is 33.0. The van der Waals surface area contributed by atoms with Crippen LogP contribution in [0.25, 0.3) is 0 Å². The first kappa shape index (κ1) is 52.1. The second-order valence-corrected chi connectivity index (χ2v) is 16.2. The van der Waals surface area contributed by atoms with Crippen molar-refractivity contribution in [3.8, 4) is 0 Å². The van der Waals surface area contributed by atoms with Gasteiger partial charge in [-0.1, -0.05) is 115 Å². The SMILES string of the molecule is CCCCC/C=C\C/C=C\CCCCCCCC(=O)OC(COC(=O)CCCCCCC/C=C\CCCCC)COP(=O)(O)OC1C(O)C(O)C(O)C(O)C1O. The molecule has 0 spiro atoms. The minimum Gasteiger partial charge on any atom is -0.462 e. The molecule has 0 aliphatic heterocycles. The van der Waals surface area contributed by atoms with Crippen molar-refractivity contribution in [2.45, 2.75) is 204 Å². The van der Waals surface area contributed by atoms with Crippen LogP contribution in [0, 0.1) is 0 Å². The van der Waals surface area contributed by atoms with E-state index in [2.05, 4.69) is 50.3 Å². The lowest BCUT2D eigenvalue weighted by Crippen LogP contribution is -2.64. The first-order valence-corrected chi connectivity index (χ1v) is 22.8. The van der Waals surface area contributed by atoms with Gasteiger partial charge in [-0.05, 0) is 70.6 Å². The third-order valence-corrected chi connectivity index (χ3v) is 10.7. The lowest BCUT2D eigenvalue weighted by molar-refractivity contribution is -0.220. The van der Waals surface area contributed by atoms with Crippen LogP contribution in [0.1, 0.15) is 162 Å². The van der Waals surface area contributed by atoms with Crippen molar-refractivity contribution in [2.75, 3.05) is 13.2 Å². The van der Waals surface area contributed by atoms with Crippen LogP contribution in [-0.4, -0.2) is 98.3 Å². The van der Waals surface area contributed by atoms with Gasteiger partial charge in [-0.15, -0.1) is 0 Å². The Bertz CT molecular complexity index is 1130. The molecule has 0 saturated heterocycles. The van der Waals surface area contributed by atoms with Gasteiger partial charge in [-0.25, -0.2) is 4.57 Å². The van der Waals surface area contributed by atoms with Crippen molar-refractivity contribution in [3.63, 3.8) is 0 Å². The molecule has 0 aromatic heterocycles. The Balaban J connectivity index is 2.52. The Kier molecular flexibility index (Phi) is 30.7. The first-order chi connectivity index (χ1) is 26.9. The Labute approximate surface area is 336 Å². The maximum absolute atomic E-state index is 12.8. The van der Waals surface area contributed by atoms with Gasteiger partial charge < -0.3 is 39.9 Å². The number of rotatable bonds is 34. The minimum atomic E-state index is -5.12. The van der Waals surface area contributed by atoms with Crippen LogP contribution >= 0.6 is 7.82 Å². The molecule has 0 radical (unpaired) electrons. The van der Waals surface area contributed by atoms with Gasteiger partial charge in [-0.2, -0.15) is 0 Å². The second-order valence-electron chi connectivity index (χ2n) is 14.8. The van der Waals surface area contributed by atoms with Crippen molar-refractivity contribution in [3.05, 3.63) is 36.5 Å². The predicted molar refractivity (Wildman–Crippen MR) is 216 cm³/mol. The Hall–Kier alpha value is -1.93. The average molecular weight is 819 g/mol. The van der Waals surface area contributed by atoms with Crippen LogP contribution in [0.5, 0.6) is 0 Å². The molecule has 1 fully saturated rings. The molecular formula is C42H75O13P. The number of carbonyl (C=O) groups is 2. The molecule has 6 N–H and O–H groups in total. The molecule has 0 heterocycles. The van der Waals surface area contributed by atoms with Crippen molar-refractivity contribution in [2.24, 2.45) is 0 Å². The first-order valence-electron chi connectivity index (χ1n) is 21.3. The molecule has 1 saturated carbocycles. The number of hydrogen-bond acceptors (Lipinski definition) is 12. The van der Waals surface area contributed by atoms with Crippen LogP contribution in [0.15, 0.2) is 36.5 Å². The number of unbranched alkanes of at least 4 members (excludes halogenated alkanes) is 16. The number of esters is 2. The molecule has 56 heavy (non-hydrogen) atoms. The van der Waals surface area contributed by atoms with E-state index >= 15 is 0 Å². The zero-order chi connectivity index (χ0) is 41.4. The molecule has 14 heteroatoms. The summed E-state index contributed by atoms with van der Waals surface area (Å²) in [6.45, 7) is 3.20. The highest BCUT2D eigenvalue weighted by atomic mass is 31.2. The van der Waals surface area contributed by atoms with E-state index in [1.807, 2.05) is 0 Å². The maximum atomic E-state index is 12.8. The van der Waals surface area contributed by atoms with E-state index in [0.717, 1.165) is 83.5 Å². The molecule has 1 aliphatic carbocycles. The quantitative estimate of drug-likeness (QED) is 0.0162. The fraction of sp³-hybridized carbons (Fsp3) is 0.810. The molecule has 0 amide bonds. The van der Waals surface area contributed by atoms with Crippen LogP contribution in [0.2, 0.25) is 0 Å². The van der Waals surface area contributed by atoms with Crippen molar-refractivity contribution in [1.82, 2.24) is 0 Å². The van der Waals surface area contributed by atoms with Gasteiger partial charge in [-0.3, -0.25) is 18.6 Å². The Morgan fingerprint density at radius 2 is 0.964 bits per heavy atom. The standard InChI is InChI=1S/C42H75O13P/c1-3-5-7-9-11-13-15-17-18-19-21-23-25-27-29-31-36(44)54-34(32-52-35(43)30-28-26-24-22-20-16-14-12-10-8-6-4-2)33-53-56(50,51)55-42-40(48)38(46)37(45)39(47)41(42)49/h11-14,17-18,34,37-42,45-49H,3-10,15-16,19-33H2,1-2H3,(H,50,51)/b13-11-,14-12-,18-17-. The van der Waals surface area contributed by atoms with Crippen LogP contribution in [0.3, 0.4) is 0 Å². The topological polar surface area (TPSA) is 210 Å². The number of aliphatic hydroxyl groups excluding tert-OH is 5. The third-order valence-electron chi connectivity index (χ3n) is 9.70. The van der Waals surface area contributed by atoms with Crippen LogP contribution in [0.4, 0.5) is 0 Å². The van der Waals surface area contributed by atoms with Crippen molar-refractivity contribution < 1.29 is 63.1 Å². The smallest absolute Gasteiger partial charge is 0.462 e. The van der Waals surface area contributed by atoms with E-state index < -0.39 is 75.7 Å². The third kappa shape index (κ3) is 25.4.